The van der Waals surface area contributed by atoms with Gasteiger partial charge in [-0.3, -0.25) is 0 Å². The van der Waals surface area contributed by atoms with Crippen LogP contribution in [0.4, 0.5) is 8.78 Å². The molecule has 1 aromatic carbocycles. The lowest BCUT2D eigenvalue weighted by Crippen LogP contribution is -2.12. The lowest BCUT2D eigenvalue weighted by atomic mass is 10.00. The van der Waals surface area contributed by atoms with Gasteiger partial charge in [0.15, 0.2) is 0 Å². The maximum absolute atomic E-state index is 12.1. The molecule has 0 aliphatic heterocycles. The van der Waals surface area contributed by atoms with Crippen molar-refractivity contribution in [3.05, 3.63) is 51.2 Å². The number of hydrogen-bond acceptors (Lipinski definition) is 3. The third-order valence-electron chi connectivity index (χ3n) is 2.88. The highest BCUT2D eigenvalue weighted by Crippen LogP contribution is 2.29. The van der Waals surface area contributed by atoms with Gasteiger partial charge in [-0.05, 0) is 43.2 Å². The van der Waals surface area contributed by atoms with E-state index in [2.05, 4.69) is 10.8 Å². The first kappa shape index (κ1) is 14.0. The Morgan fingerprint density at radius 2 is 1.79 bits per heavy atom. The number of rotatable bonds is 4. The van der Waals surface area contributed by atoms with Crippen LogP contribution in [0.2, 0.25) is 0 Å². The quantitative estimate of drug-likeness (QED) is 0.920. The number of thiophene rings is 1. The van der Waals surface area contributed by atoms with Crippen molar-refractivity contribution in [1.82, 2.24) is 0 Å². The van der Waals surface area contributed by atoms with E-state index in [1.54, 1.807) is 23.5 Å². The molecule has 0 fully saturated rings. The van der Waals surface area contributed by atoms with Gasteiger partial charge >= 0.3 is 6.61 Å². The predicted molar refractivity (Wildman–Crippen MR) is 72.9 cm³/mol. The van der Waals surface area contributed by atoms with E-state index in [4.69, 9.17) is 5.73 Å². The summed E-state index contributed by atoms with van der Waals surface area (Å²) in [6.07, 6.45) is 0. The van der Waals surface area contributed by atoms with Crippen molar-refractivity contribution in [2.75, 3.05) is 0 Å². The Balaban J connectivity index is 2.20. The van der Waals surface area contributed by atoms with Gasteiger partial charge in [-0.1, -0.05) is 12.1 Å². The minimum absolute atomic E-state index is 0.143. The lowest BCUT2D eigenvalue weighted by molar-refractivity contribution is -0.0498. The molecule has 0 saturated carbocycles. The lowest BCUT2D eigenvalue weighted by Gasteiger charge is -2.13. The van der Waals surface area contributed by atoms with E-state index in [1.165, 1.54) is 21.9 Å². The first-order valence-electron chi connectivity index (χ1n) is 5.84. The van der Waals surface area contributed by atoms with Crippen LogP contribution in [0.3, 0.4) is 0 Å². The molecular weight excluding hydrogens is 268 g/mol. The number of benzene rings is 1. The topological polar surface area (TPSA) is 35.2 Å². The number of alkyl halides is 2. The van der Waals surface area contributed by atoms with Crippen molar-refractivity contribution < 1.29 is 13.5 Å². The predicted octanol–water partition coefficient (Wildman–Crippen LogP) is 4.01. The van der Waals surface area contributed by atoms with Crippen LogP contribution in [0.25, 0.3) is 0 Å². The smallest absolute Gasteiger partial charge is 0.387 e. The van der Waals surface area contributed by atoms with Gasteiger partial charge in [0, 0.05) is 9.75 Å². The molecule has 102 valence electrons. The van der Waals surface area contributed by atoms with Gasteiger partial charge in [0.2, 0.25) is 0 Å². The van der Waals surface area contributed by atoms with E-state index in [-0.39, 0.29) is 11.8 Å². The second kappa shape index (κ2) is 5.67. The van der Waals surface area contributed by atoms with Crippen molar-refractivity contribution in [2.45, 2.75) is 26.5 Å². The Bertz CT molecular complexity index is 551. The normalized spacial score (nSPS) is 12.7. The summed E-state index contributed by atoms with van der Waals surface area (Å²) >= 11 is 1.70. The van der Waals surface area contributed by atoms with Gasteiger partial charge in [-0.25, -0.2) is 0 Å². The van der Waals surface area contributed by atoms with Crippen molar-refractivity contribution >= 4 is 11.3 Å². The Labute approximate surface area is 114 Å². The number of aryl methyl sites for hydroxylation is 2. The molecule has 2 rings (SSSR count). The van der Waals surface area contributed by atoms with E-state index < -0.39 is 6.61 Å². The van der Waals surface area contributed by atoms with Gasteiger partial charge in [0.25, 0.3) is 0 Å². The molecule has 0 aliphatic carbocycles. The molecule has 1 aromatic heterocycles. The average molecular weight is 283 g/mol. The number of hydrogen-bond donors (Lipinski definition) is 1. The van der Waals surface area contributed by atoms with Crippen molar-refractivity contribution in [2.24, 2.45) is 5.73 Å². The number of nitrogens with two attached hydrogens (primary N) is 1. The fourth-order valence-corrected chi connectivity index (χ4v) is 2.97. The van der Waals surface area contributed by atoms with Gasteiger partial charge < -0.3 is 10.5 Å². The van der Waals surface area contributed by atoms with Gasteiger partial charge in [0.05, 0.1) is 6.04 Å². The third-order valence-corrected chi connectivity index (χ3v) is 3.86. The zero-order valence-electron chi connectivity index (χ0n) is 10.7. The largest absolute Gasteiger partial charge is 0.435 e. The molecule has 0 amide bonds. The van der Waals surface area contributed by atoms with Crippen molar-refractivity contribution in [3.63, 3.8) is 0 Å². The number of ether oxygens (including phenoxy) is 1. The van der Waals surface area contributed by atoms with Gasteiger partial charge in [0.1, 0.15) is 5.75 Å². The monoisotopic (exact) mass is 283 g/mol. The summed E-state index contributed by atoms with van der Waals surface area (Å²) in [5.74, 6) is 0.143. The summed E-state index contributed by atoms with van der Waals surface area (Å²) in [7, 11) is 0. The van der Waals surface area contributed by atoms with Crippen LogP contribution in [0.15, 0.2) is 30.3 Å². The van der Waals surface area contributed by atoms with Crippen LogP contribution in [0, 0.1) is 13.8 Å². The summed E-state index contributed by atoms with van der Waals surface area (Å²) in [6, 6.07) is 8.27. The minimum Gasteiger partial charge on any atom is -0.435 e. The van der Waals surface area contributed by atoms with Crippen LogP contribution >= 0.6 is 11.3 Å². The maximum Gasteiger partial charge on any atom is 0.387 e. The van der Waals surface area contributed by atoms with Crippen LogP contribution in [0.1, 0.15) is 26.9 Å². The third kappa shape index (κ3) is 3.30. The first-order valence-corrected chi connectivity index (χ1v) is 6.66. The SMILES string of the molecule is Cc1cc(C(N)c2ccc(OC(F)F)cc2)c(C)s1. The molecule has 1 heterocycles. The molecule has 0 radical (unpaired) electrons. The second-order valence-electron chi connectivity index (χ2n) is 4.29. The van der Waals surface area contributed by atoms with Gasteiger partial charge in [-0.15, -0.1) is 11.3 Å². The van der Waals surface area contributed by atoms with E-state index in [9.17, 15) is 8.78 Å². The Morgan fingerprint density at radius 1 is 1.16 bits per heavy atom. The maximum atomic E-state index is 12.1. The molecular formula is C14H15F2NOS. The molecule has 0 bridgehead atoms. The molecule has 2 aromatic rings. The standard InChI is InChI=1S/C14H15F2NOS/c1-8-7-12(9(2)19-8)13(17)10-3-5-11(6-4-10)18-14(15)16/h3-7,13-14H,17H2,1-2H3. The summed E-state index contributed by atoms with van der Waals surface area (Å²) in [4.78, 5) is 2.39. The van der Waals surface area contributed by atoms with Crippen LogP contribution in [-0.2, 0) is 0 Å². The molecule has 0 spiro atoms. The summed E-state index contributed by atoms with van der Waals surface area (Å²) in [5.41, 5.74) is 8.15. The molecule has 0 saturated heterocycles. The summed E-state index contributed by atoms with van der Waals surface area (Å²) in [6.45, 7) is 1.26. The van der Waals surface area contributed by atoms with Crippen LogP contribution in [0.5, 0.6) is 5.75 Å². The Hall–Kier alpha value is -1.46. The molecule has 2 nitrogen and oxygen atoms in total. The molecule has 19 heavy (non-hydrogen) atoms. The minimum atomic E-state index is -2.80. The van der Waals surface area contributed by atoms with E-state index in [1.807, 2.05) is 13.8 Å². The zero-order chi connectivity index (χ0) is 14.0. The molecule has 1 unspecified atom stereocenters. The van der Waals surface area contributed by atoms with Crippen LogP contribution in [-0.4, -0.2) is 6.61 Å². The Morgan fingerprint density at radius 3 is 2.26 bits per heavy atom. The molecule has 2 N–H and O–H groups in total. The highest BCUT2D eigenvalue weighted by atomic mass is 32.1. The Kier molecular flexibility index (Phi) is 4.17. The van der Waals surface area contributed by atoms with E-state index >= 15 is 0 Å². The fraction of sp³-hybridized carbons (Fsp3) is 0.286. The summed E-state index contributed by atoms with van der Waals surface area (Å²) in [5, 5.41) is 0. The highest BCUT2D eigenvalue weighted by molar-refractivity contribution is 7.12. The number of halogens is 2. The first-order chi connectivity index (χ1) is 8.97. The molecule has 1 atom stereocenters. The fourth-order valence-electron chi connectivity index (χ4n) is 2.00. The molecule has 5 heteroatoms. The zero-order valence-corrected chi connectivity index (χ0v) is 11.5. The second-order valence-corrected chi connectivity index (χ2v) is 5.75. The highest BCUT2D eigenvalue weighted by Gasteiger charge is 2.14. The average Bonchev–Trinajstić information content (AvgIpc) is 2.68. The van der Waals surface area contributed by atoms with Crippen molar-refractivity contribution in [3.8, 4) is 5.75 Å². The van der Waals surface area contributed by atoms with E-state index in [0.717, 1.165) is 11.1 Å². The molecule has 0 aliphatic rings. The van der Waals surface area contributed by atoms with Crippen molar-refractivity contribution in [1.29, 1.82) is 0 Å². The van der Waals surface area contributed by atoms with Gasteiger partial charge in [-0.2, -0.15) is 8.78 Å². The van der Waals surface area contributed by atoms with Crippen LogP contribution < -0.4 is 10.5 Å². The summed E-state index contributed by atoms with van der Waals surface area (Å²) < 4.78 is 28.4. The van der Waals surface area contributed by atoms with E-state index in [0.29, 0.717) is 0 Å².